The minimum absolute atomic E-state index is 0.600. The van der Waals surface area contributed by atoms with Crippen molar-refractivity contribution in [2.24, 2.45) is 11.0 Å². The molecule has 1 rings (SSSR count). The Kier molecular flexibility index (Phi) is 2.38. The summed E-state index contributed by atoms with van der Waals surface area (Å²) in [5, 5.41) is 5.10. The molecule has 1 N–H and O–H groups in total. The summed E-state index contributed by atoms with van der Waals surface area (Å²) in [6.07, 6.45) is 1.96. The van der Waals surface area contributed by atoms with Gasteiger partial charge in [0.05, 0.1) is 5.04 Å². The van der Waals surface area contributed by atoms with E-state index >= 15 is 0 Å². The molecular formula is C7H12N2S. The highest BCUT2D eigenvalue weighted by Gasteiger charge is 2.08. The third kappa shape index (κ3) is 1.77. The number of nitrogens with zero attached hydrogens (tertiary/aromatic N) is 1. The van der Waals surface area contributed by atoms with Crippen molar-refractivity contribution in [3.63, 3.8) is 0 Å². The van der Waals surface area contributed by atoms with E-state index < -0.39 is 0 Å². The lowest BCUT2D eigenvalue weighted by molar-refractivity contribution is 0.797. The highest BCUT2D eigenvalue weighted by molar-refractivity contribution is 8.17. The molecule has 0 aliphatic carbocycles. The summed E-state index contributed by atoms with van der Waals surface area (Å²) in [6.45, 7) is 6.37. The Balaban J connectivity index is 2.57. The molecule has 0 atom stereocenters. The van der Waals surface area contributed by atoms with E-state index in [1.54, 1.807) is 11.8 Å². The van der Waals surface area contributed by atoms with Crippen LogP contribution in [0.25, 0.3) is 0 Å². The molecule has 0 saturated carbocycles. The van der Waals surface area contributed by atoms with Gasteiger partial charge in [0.1, 0.15) is 0 Å². The predicted octanol–water partition coefficient (Wildman–Crippen LogP) is 2.15. The molecule has 0 radical (unpaired) electrons. The molecule has 1 aliphatic rings. The first kappa shape index (κ1) is 7.66. The summed E-state index contributed by atoms with van der Waals surface area (Å²) in [4.78, 5) is 1.35. The van der Waals surface area contributed by atoms with Crippen LogP contribution >= 0.6 is 11.8 Å². The lowest BCUT2D eigenvalue weighted by atomic mass is 10.2. The normalized spacial score (nSPS) is 18.0. The highest BCUT2D eigenvalue weighted by Crippen LogP contribution is 2.26. The fraction of sp³-hybridized carbons (Fsp3) is 0.571. The first-order valence-electron chi connectivity index (χ1n) is 3.38. The van der Waals surface area contributed by atoms with Crippen molar-refractivity contribution in [3.8, 4) is 0 Å². The number of thioether (sulfide) groups is 1. The van der Waals surface area contributed by atoms with Gasteiger partial charge < -0.3 is 0 Å². The van der Waals surface area contributed by atoms with Crippen LogP contribution in [0.4, 0.5) is 0 Å². The van der Waals surface area contributed by atoms with E-state index in [-0.39, 0.29) is 0 Å². The van der Waals surface area contributed by atoms with E-state index in [1.807, 2.05) is 13.1 Å². The Morgan fingerprint density at radius 1 is 1.60 bits per heavy atom. The van der Waals surface area contributed by atoms with Crippen molar-refractivity contribution < 1.29 is 0 Å². The van der Waals surface area contributed by atoms with Gasteiger partial charge in [-0.15, -0.1) is 0 Å². The fourth-order valence-corrected chi connectivity index (χ4v) is 1.48. The van der Waals surface area contributed by atoms with Crippen LogP contribution in [0, 0.1) is 5.92 Å². The molecule has 1 aliphatic heterocycles. The lowest BCUT2D eigenvalue weighted by Gasteiger charge is -2.13. The SMILES string of the molecule is CC1=NNC=C(C(C)C)S1. The van der Waals surface area contributed by atoms with Crippen molar-refractivity contribution >= 4 is 16.8 Å². The zero-order chi connectivity index (χ0) is 7.56. The van der Waals surface area contributed by atoms with Crippen LogP contribution in [0.5, 0.6) is 0 Å². The highest BCUT2D eigenvalue weighted by atomic mass is 32.2. The predicted molar refractivity (Wildman–Crippen MR) is 46.8 cm³/mol. The van der Waals surface area contributed by atoms with Crippen LogP contribution in [0.2, 0.25) is 0 Å². The van der Waals surface area contributed by atoms with Gasteiger partial charge in [-0.25, -0.2) is 0 Å². The molecule has 0 bridgehead atoms. The van der Waals surface area contributed by atoms with Gasteiger partial charge >= 0.3 is 0 Å². The second kappa shape index (κ2) is 3.10. The Morgan fingerprint density at radius 3 is 2.70 bits per heavy atom. The van der Waals surface area contributed by atoms with Crippen LogP contribution in [-0.4, -0.2) is 5.04 Å². The summed E-state index contributed by atoms with van der Waals surface area (Å²) in [6, 6.07) is 0. The Bertz CT molecular complexity index is 182. The first-order chi connectivity index (χ1) is 4.70. The molecule has 0 spiro atoms. The molecule has 0 unspecified atom stereocenters. The molecule has 1 heterocycles. The lowest BCUT2D eigenvalue weighted by Crippen LogP contribution is -2.08. The zero-order valence-electron chi connectivity index (χ0n) is 6.51. The summed E-state index contributed by atoms with van der Waals surface area (Å²) >= 11 is 1.74. The van der Waals surface area contributed by atoms with E-state index in [1.165, 1.54) is 4.91 Å². The number of nitrogens with one attached hydrogen (secondary N) is 1. The molecule has 2 nitrogen and oxygen atoms in total. The molecule has 0 aromatic heterocycles. The maximum absolute atomic E-state index is 4.02. The summed E-state index contributed by atoms with van der Waals surface area (Å²) < 4.78 is 0. The molecule has 0 aromatic rings. The molecule has 10 heavy (non-hydrogen) atoms. The van der Waals surface area contributed by atoms with Crippen LogP contribution in [0.1, 0.15) is 20.8 Å². The van der Waals surface area contributed by atoms with Gasteiger partial charge in [0.2, 0.25) is 0 Å². The third-order valence-electron chi connectivity index (χ3n) is 1.26. The maximum atomic E-state index is 4.02. The molecular weight excluding hydrogens is 144 g/mol. The minimum atomic E-state index is 0.600. The van der Waals surface area contributed by atoms with E-state index in [0.717, 1.165) is 5.04 Å². The van der Waals surface area contributed by atoms with Crippen molar-refractivity contribution in [2.75, 3.05) is 0 Å². The number of hydrogen-bond acceptors (Lipinski definition) is 3. The van der Waals surface area contributed by atoms with Gasteiger partial charge in [-0.1, -0.05) is 25.6 Å². The van der Waals surface area contributed by atoms with Gasteiger partial charge in [0, 0.05) is 11.1 Å². The van der Waals surface area contributed by atoms with Crippen molar-refractivity contribution in [1.29, 1.82) is 0 Å². The average molecular weight is 156 g/mol. The van der Waals surface area contributed by atoms with Gasteiger partial charge in [-0.3, -0.25) is 5.43 Å². The van der Waals surface area contributed by atoms with E-state index in [4.69, 9.17) is 0 Å². The largest absolute Gasteiger partial charge is 0.284 e. The zero-order valence-corrected chi connectivity index (χ0v) is 7.33. The molecule has 0 amide bonds. The molecule has 0 fully saturated rings. The molecule has 0 saturated heterocycles. The maximum Gasteiger partial charge on any atom is 0.0949 e. The fourth-order valence-electron chi connectivity index (χ4n) is 0.694. The van der Waals surface area contributed by atoms with Crippen molar-refractivity contribution in [1.82, 2.24) is 5.43 Å². The minimum Gasteiger partial charge on any atom is -0.284 e. The quantitative estimate of drug-likeness (QED) is 0.629. The standard InChI is InChI=1S/C7H12N2S/c1-5(2)7-4-8-9-6(3)10-7/h4-5,8H,1-3H3. The van der Waals surface area contributed by atoms with Crippen molar-refractivity contribution in [3.05, 3.63) is 11.1 Å². The Labute approximate surface area is 65.8 Å². The van der Waals surface area contributed by atoms with E-state index in [2.05, 4.69) is 24.4 Å². The third-order valence-corrected chi connectivity index (χ3v) is 2.48. The molecule has 0 aromatic carbocycles. The van der Waals surface area contributed by atoms with Crippen molar-refractivity contribution in [2.45, 2.75) is 20.8 Å². The van der Waals surface area contributed by atoms with Crippen LogP contribution in [0.15, 0.2) is 16.2 Å². The van der Waals surface area contributed by atoms with Gasteiger partial charge in [0.15, 0.2) is 0 Å². The van der Waals surface area contributed by atoms with Crippen LogP contribution < -0.4 is 5.43 Å². The smallest absolute Gasteiger partial charge is 0.0949 e. The topological polar surface area (TPSA) is 24.4 Å². The average Bonchev–Trinajstić information content (AvgIpc) is 1.88. The summed E-state index contributed by atoms with van der Waals surface area (Å²) in [7, 11) is 0. The number of rotatable bonds is 1. The second-order valence-electron chi connectivity index (χ2n) is 2.56. The molecule has 56 valence electrons. The number of hydrazone groups is 1. The van der Waals surface area contributed by atoms with Crippen LogP contribution in [-0.2, 0) is 0 Å². The van der Waals surface area contributed by atoms with Gasteiger partial charge in [0.25, 0.3) is 0 Å². The Hall–Kier alpha value is -0.440. The molecule has 3 heteroatoms. The first-order valence-corrected chi connectivity index (χ1v) is 4.19. The summed E-state index contributed by atoms with van der Waals surface area (Å²) in [5.74, 6) is 0.600. The van der Waals surface area contributed by atoms with Crippen LogP contribution in [0.3, 0.4) is 0 Å². The van der Waals surface area contributed by atoms with E-state index in [9.17, 15) is 0 Å². The van der Waals surface area contributed by atoms with Gasteiger partial charge in [-0.2, -0.15) is 5.10 Å². The number of hydrogen-bond donors (Lipinski definition) is 1. The number of allylic oxidation sites excluding steroid dienone is 1. The van der Waals surface area contributed by atoms with E-state index in [0.29, 0.717) is 5.92 Å². The Morgan fingerprint density at radius 2 is 2.30 bits per heavy atom. The van der Waals surface area contributed by atoms with Gasteiger partial charge in [-0.05, 0) is 12.8 Å². The summed E-state index contributed by atoms with van der Waals surface area (Å²) in [5.41, 5.74) is 2.87. The second-order valence-corrected chi connectivity index (χ2v) is 3.83. The monoisotopic (exact) mass is 156 g/mol.